The van der Waals surface area contributed by atoms with E-state index in [4.69, 9.17) is 14.0 Å². The quantitative estimate of drug-likeness (QED) is 0.757. The maximum absolute atomic E-state index is 10.5. The fourth-order valence-electron chi connectivity index (χ4n) is 1.47. The molecule has 2 aromatic rings. The highest BCUT2D eigenvalue weighted by Crippen LogP contribution is 2.32. The number of benzene rings is 1. The Hall–Kier alpha value is -2.30. The lowest BCUT2D eigenvalue weighted by Gasteiger charge is -2.07. The van der Waals surface area contributed by atoms with Gasteiger partial charge in [0.15, 0.2) is 23.5 Å². The average Bonchev–Trinajstić information content (AvgIpc) is 2.86. The van der Waals surface area contributed by atoms with Crippen molar-refractivity contribution in [3.05, 3.63) is 30.0 Å². The van der Waals surface area contributed by atoms with Crippen molar-refractivity contribution in [2.75, 3.05) is 14.2 Å². The molecule has 17 heavy (non-hydrogen) atoms. The molecular formula is C12H11NO4. The Morgan fingerprint density at radius 3 is 2.53 bits per heavy atom. The van der Waals surface area contributed by atoms with Crippen LogP contribution in [0.3, 0.4) is 0 Å². The van der Waals surface area contributed by atoms with Crippen LogP contribution < -0.4 is 9.47 Å². The van der Waals surface area contributed by atoms with Gasteiger partial charge in [-0.3, -0.25) is 4.79 Å². The van der Waals surface area contributed by atoms with Crippen LogP contribution in [0.15, 0.2) is 28.8 Å². The van der Waals surface area contributed by atoms with Crippen LogP contribution in [0.2, 0.25) is 0 Å². The molecule has 1 aromatic carbocycles. The fourth-order valence-corrected chi connectivity index (χ4v) is 1.47. The first-order valence-electron chi connectivity index (χ1n) is 4.92. The molecule has 5 heteroatoms. The molecule has 0 saturated carbocycles. The minimum absolute atomic E-state index is 0.259. The number of carbonyl (C=O) groups excluding carboxylic acids is 1. The van der Waals surface area contributed by atoms with E-state index in [-0.39, 0.29) is 5.69 Å². The van der Waals surface area contributed by atoms with E-state index in [0.717, 1.165) is 5.56 Å². The molecule has 0 spiro atoms. The maximum Gasteiger partial charge on any atom is 0.171 e. The molecule has 0 fully saturated rings. The predicted octanol–water partition coefficient (Wildman–Crippen LogP) is 2.17. The van der Waals surface area contributed by atoms with Crippen LogP contribution in [-0.4, -0.2) is 25.7 Å². The second-order valence-corrected chi connectivity index (χ2v) is 3.30. The Morgan fingerprint density at radius 1 is 1.18 bits per heavy atom. The standard InChI is InChI=1S/C12H11NO4/c1-15-10-4-3-8(5-12(10)16-2)11-6-9(7-14)13-17-11/h3-7H,1-2H3. The Morgan fingerprint density at radius 2 is 1.94 bits per heavy atom. The van der Waals surface area contributed by atoms with Crippen molar-refractivity contribution in [1.29, 1.82) is 0 Å². The molecule has 2 rings (SSSR count). The number of hydrogen-bond donors (Lipinski definition) is 0. The number of rotatable bonds is 4. The van der Waals surface area contributed by atoms with Gasteiger partial charge in [-0.2, -0.15) is 0 Å². The molecule has 1 aromatic heterocycles. The number of aldehydes is 1. The zero-order valence-electron chi connectivity index (χ0n) is 9.47. The van der Waals surface area contributed by atoms with Gasteiger partial charge < -0.3 is 14.0 Å². The van der Waals surface area contributed by atoms with Gasteiger partial charge in [0.25, 0.3) is 0 Å². The smallest absolute Gasteiger partial charge is 0.171 e. The average molecular weight is 233 g/mol. The first-order valence-corrected chi connectivity index (χ1v) is 4.92. The number of methoxy groups -OCH3 is 2. The zero-order valence-corrected chi connectivity index (χ0v) is 9.47. The lowest BCUT2D eigenvalue weighted by atomic mass is 10.1. The molecule has 0 unspecified atom stereocenters. The van der Waals surface area contributed by atoms with Crippen LogP contribution in [0.1, 0.15) is 10.5 Å². The van der Waals surface area contributed by atoms with E-state index in [2.05, 4.69) is 5.16 Å². The van der Waals surface area contributed by atoms with Gasteiger partial charge in [-0.1, -0.05) is 5.16 Å². The van der Waals surface area contributed by atoms with Crippen molar-refractivity contribution in [2.24, 2.45) is 0 Å². The van der Waals surface area contributed by atoms with E-state index in [1.54, 1.807) is 38.5 Å². The summed E-state index contributed by atoms with van der Waals surface area (Å²) in [4.78, 5) is 10.5. The monoisotopic (exact) mass is 233 g/mol. The lowest BCUT2D eigenvalue weighted by molar-refractivity contribution is 0.111. The Bertz CT molecular complexity index is 533. The van der Waals surface area contributed by atoms with Gasteiger partial charge in [0.1, 0.15) is 5.69 Å². The minimum atomic E-state index is 0.259. The molecule has 1 heterocycles. The SMILES string of the molecule is COc1ccc(-c2cc(C=O)no2)cc1OC. The van der Waals surface area contributed by atoms with Crippen molar-refractivity contribution in [3.8, 4) is 22.8 Å². The molecule has 0 radical (unpaired) electrons. The zero-order chi connectivity index (χ0) is 12.3. The van der Waals surface area contributed by atoms with E-state index in [1.165, 1.54) is 0 Å². The van der Waals surface area contributed by atoms with E-state index >= 15 is 0 Å². The summed E-state index contributed by atoms with van der Waals surface area (Å²) in [6, 6.07) is 6.88. The first kappa shape index (κ1) is 11.2. The lowest BCUT2D eigenvalue weighted by Crippen LogP contribution is -1.90. The van der Waals surface area contributed by atoms with Crippen LogP contribution in [0, 0.1) is 0 Å². The van der Waals surface area contributed by atoms with Gasteiger partial charge >= 0.3 is 0 Å². The number of aromatic nitrogens is 1. The van der Waals surface area contributed by atoms with E-state index in [9.17, 15) is 4.79 Å². The number of ether oxygens (including phenoxy) is 2. The Labute approximate surface area is 97.9 Å². The van der Waals surface area contributed by atoms with Crippen LogP contribution in [0.4, 0.5) is 0 Å². The van der Waals surface area contributed by atoms with Gasteiger partial charge in [0, 0.05) is 11.6 Å². The fraction of sp³-hybridized carbons (Fsp3) is 0.167. The topological polar surface area (TPSA) is 61.6 Å². The van der Waals surface area contributed by atoms with Crippen molar-refractivity contribution in [2.45, 2.75) is 0 Å². The molecule has 0 saturated heterocycles. The van der Waals surface area contributed by atoms with Gasteiger partial charge in [-0.15, -0.1) is 0 Å². The summed E-state index contributed by atoms with van der Waals surface area (Å²) in [6.45, 7) is 0. The van der Waals surface area contributed by atoms with Crippen molar-refractivity contribution >= 4 is 6.29 Å². The van der Waals surface area contributed by atoms with Crippen LogP contribution in [0.5, 0.6) is 11.5 Å². The summed E-state index contributed by atoms with van der Waals surface area (Å²) in [5, 5.41) is 3.59. The number of nitrogens with zero attached hydrogens (tertiary/aromatic N) is 1. The Balaban J connectivity index is 2.42. The van der Waals surface area contributed by atoms with E-state index < -0.39 is 0 Å². The molecule has 0 N–H and O–H groups in total. The highest BCUT2D eigenvalue weighted by atomic mass is 16.5. The minimum Gasteiger partial charge on any atom is -0.493 e. The third-order valence-corrected chi connectivity index (χ3v) is 2.32. The molecule has 0 amide bonds. The highest BCUT2D eigenvalue weighted by molar-refractivity contribution is 5.75. The summed E-state index contributed by atoms with van der Waals surface area (Å²) in [6.07, 6.45) is 0.633. The van der Waals surface area contributed by atoms with E-state index in [0.29, 0.717) is 23.5 Å². The molecule has 0 atom stereocenters. The van der Waals surface area contributed by atoms with Crippen molar-refractivity contribution in [1.82, 2.24) is 5.16 Å². The van der Waals surface area contributed by atoms with Gasteiger partial charge in [-0.05, 0) is 18.2 Å². The molecule has 0 aliphatic rings. The second-order valence-electron chi connectivity index (χ2n) is 3.30. The number of carbonyl (C=O) groups is 1. The van der Waals surface area contributed by atoms with E-state index in [1.807, 2.05) is 0 Å². The van der Waals surface area contributed by atoms with Crippen LogP contribution in [-0.2, 0) is 0 Å². The number of hydrogen-bond acceptors (Lipinski definition) is 5. The molecule has 0 bridgehead atoms. The molecule has 0 aliphatic carbocycles. The highest BCUT2D eigenvalue weighted by Gasteiger charge is 2.10. The van der Waals surface area contributed by atoms with Crippen molar-refractivity contribution < 1.29 is 18.8 Å². The van der Waals surface area contributed by atoms with Gasteiger partial charge in [0.2, 0.25) is 0 Å². The summed E-state index contributed by atoms with van der Waals surface area (Å²) < 4.78 is 15.3. The summed E-state index contributed by atoms with van der Waals surface area (Å²) >= 11 is 0. The van der Waals surface area contributed by atoms with Gasteiger partial charge in [-0.25, -0.2) is 0 Å². The summed E-state index contributed by atoms with van der Waals surface area (Å²) in [5.41, 5.74) is 1.03. The van der Waals surface area contributed by atoms with Gasteiger partial charge in [0.05, 0.1) is 14.2 Å². The third kappa shape index (κ3) is 2.13. The second kappa shape index (κ2) is 4.69. The third-order valence-electron chi connectivity index (χ3n) is 2.32. The molecule has 88 valence electrons. The maximum atomic E-state index is 10.5. The first-order chi connectivity index (χ1) is 8.28. The summed E-state index contributed by atoms with van der Waals surface area (Å²) in [5.74, 6) is 1.73. The predicted molar refractivity (Wildman–Crippen MR) is 60.4 cm³/mol. The molecular weight excluding hydrogens is 222 g/mol. The molecule has 5 nitrogen and oxygen atoms in total. The Kier molecular flexibility index (Phi) is 3.09. The normalized spacial score (nSPS) is 10.0. The van der Waals surface area contributed by atoms with Crippen LogP contribution in [0.25, 0.3) is 11.3 Å². The van der Waals surface area contributed by atoms with Crippen LogP contribution >= 0.6 is 0 Å². The van der Waals surface area contributed by atoms with Crippen molar-refractivity contribution in [3.63, 3.8) is 0 Å². The molecule has 0 aliphatic heterocycles. The summed E-state index contributed by atoms with van der Waals surface area (Å²) in [7, 11) is 3.12. The largest absolute Gasteiger partial charge is 0.493 e.